The number of halogens is 1. The highest BCUT2D eigenvalue weighted by atomic mass is 35.5. The Kier molecular flexibility index (Phi) is 9.73. The molecular formula is C20H32ClN3O3. The normalized spacial score (nSPS) is 15.9. The number of guanidine groups is 1. The number of hydrogen-bond acceptors (Lipinski definition) is 4. The second-order valence-corrected chi connectivity index (χ2v) is 6.93. The van der Waals surface area contributed by atoms with Gasteiger partial charge in [-0.05, 0) is 38.3 Å². The van der Waals surface area contributed by atoms with E-state index in [2.05, 4.69) is 15.2 Å². The van der Waals surface area contributed by atoms with Crippen LogP contribution in [0.2, 0.25) is 5.02 Å². The second-order valence-electron chi connectivity index (χ2n) is 6.49. The highest BCUT2D eigenvalue weighted by Crippen LogP contribution is 2.23. The van der Waals surface area contributed by atoms with Crippen LogP contribution in [-0.4, -0.2) is 64.0 Å². The zero-order chi connectivity index (χ0) is 19.5. The molecule has 0 aliphatic carbocycles. The molecule has 1 aromatic rings. The molecule has 1 aliphatic rings. The summed E-state index contributed by atoms with van der Waals surface area (Å²) in [7, 11) is 3.54. The van der Waals surface area contributed by atoms with Crippen LogP contribution in [0.25, 0.3) is 0 Å². The summed E-state index contributed by atoms with van der Waals surface area (Å²) in [6, 6.07) is 5.74. The molecular weight excluding hydrogens is 366 g/mol. The first kappa shape index (κ1) is 21.8. The van der Waals surface area contributed by atoms with Gasteiger partial charge in [0.05, 0.1) is 12.7 Å². The van der Waals surface area contributed by atoms with Gasteiger partial charge >= 0.3 is 0 Å². The Morgan fingerprint density at radius 3 is 2.74 bits per heavy atom. The van der Waals surface area contributed by atoms with E-state index in [0.717, 1.165) is 62.8 Å². The lowest BCUT2D eigenvalue weighted by molar-refractivity contribution is 0.00989. The van der Waals surface area contributed by atoms with Crippen molar-refractivity contribution in [3.05, 3.63) is 28.8 Å². The minimum absolute atomic E-state index is 0.331. The summed E-state index contributed by atoms with van der Waals surface area (Å²) in [5, 5.41) is 4.12. The van der Waals surface area contributed by atoms with Crippen LogP contribution in [0.5, 0.6) is 5.75 Å². The van der Waals surface area contributed by atoms with Crippen LogP contribution in [0.15, 0.2) is 23.2 Å². The lowest BCUT2D eigenvalue weighted by Crippen LogP contribution is -2.46. The molecule has 1 aliphatic heterocycles. The van der Waals surface area contributed by atoms with Crippen molar-refractivity contribution in [2.24, 2.45) is 4.99 Å². The zero-order valence-electron chi connectivity index (χ0n) is 16.7. The van der Waals surface area contributed by atoms with E-state index in [4.69, 9.17) is 25.8 Å². The Balaban J connectivity index is 1.81. The average molecular weight is 398 g/mol. The molecule has 0 bridgehead atoms. The van der Waals surface area contributed by atoms with Crippen molar-refractivity contribution in [1.29, 1.82) is 0 Å². The molecule has 0 aromatic heterocycles. The van der Waals surface area contributed by atoms with Crippen molar-refractivity contribution in [2.45, 2.75) is 38.8 Å². The minimum atomic E-state index is 0.331. The molecule has 0 spiro atoms. The maximum atomic E-state index is 6.08. The van der Waals surface area contributed by atoms with Crippen molar-refractivity contribution >= 4 is 17.6 Å². The summed E-state index contributed by atoms with van der Waals surface area (Å²) < 4.78 is 16.7. The van der Waals surface area contributed by atoms with Crippen molar-refractivity contribution in [1.82, 2.24) is 10.2 Å². The molecule has 152 valence electrons. The fourth-order valence-corrected chi connectivity index (χ4v) is 3.32. The van der Waals surface area contributed by atoms with Crippen molar-refractivity contribution in [3.8, 4) is 5.75 Å². The van der Waals surface area contributed by atoms with E-state index < -0.39 is 0 Å². The van der Waals surface area contributed by atoms with Crippen LogP contribution >= 0.6 is 11.6 Å². The van der Waals surface area contributed by atoms with E-state index in [1.807, 2.05) is 32.2 Å². The Hall–Kier alpha value is -1.50. The number of likely N-dealkylation sites (tertiary alicyclic amines) is 1. The quantitative estimate of drug-likeness (QED) is 0.393. The fraction of sp³-hybridized carbons (Fsp3) is 0.650. The fourth-order valence-electron chi connectivity index (χ4n) is 3.16. The Bertz CT molecular complexity index is 590. The summed E-state index contributed by atoms with van der Waals surface area (Å²) in [6.07, 6.45) is 3.30. The zero-order valence-corrected chi connectivity index (χ0v) is 17.4. The number of aliphatic imine (C=N–C) groups is 1. The number of rotatable bonds is 9. The van der Waals surface area contributed by atoms with Gasteiger partial charge in [-0.2, -0.15) is 0 Å². The molecule has 1 fully saturated rings. The Morgan fingerprint density at radius 2 is 2.07 bits per heavy atom. The predicted octanol–water partition coefficient (Wildman–Crippen LogP) is 3.33. The van der Waals surface area contributed by atoms with Crippen molar-refractivity contribution < 1.29 is 14.2 Å². The molecule has 0 unspecified atom stereocenters. The molecule has 27 heavy (non-hydrogen) atoms. The first-order chi connectivity index (χ1) is 13.2. The van der Waals surface area contributed by atoms with E-state index in [9.17, 15) is 0 Å². The van der Waals surface area contributed by atoms with Crippen LogP contribution in [-0.2, 0) is 16.0 Å². The minimum Gasteiger partial charge on any atom is -0.493 e. The number of hydrogen-bond donors (Lipinski definition) is 1. The molecule has 0 atom stereocenters. The lowest BCUT2D eigenvalue weighted by Gasteiger charge is -2.34. The van der Waals surface area contributed by atoms with Crippen molar-refractivity contribution in [3.63, 3.8) is 0 Å². The number of piperidine rings is 1. The van der Waals surface area contributed by atoms with E-state index >= 15 is 0 Å². The summed E-state index contributed by atoms with van der Waals surface area (Å²) in [6.45, 7) is 6.62. The third-order valence-corrected chi connectivity index (χ3v) is 4.80. The van der Waals surface area contributed by atoms with Gasteiger partial charge in [0.1, 0.15) is 5.75 Å². The van der Waals surface area contributed by atoms with E-state index in [-0.39, 0.29) is 0 Å². The lowest BCUT2D eigenvalue weighted by atomic mass is 10.1. The number of nitrogens with zero attached hydrogens (tertiary/aromatic N) is 2. The van der Waals surface area contributed by atoms with Crippen LogP contribution in [0.1, 0.15) is 31.7 Å². The summed E-state index contributed by atoms with van der Waals surface area (Å²) in [5.41, 5.74) is 1.07. The molecule has 0 radical (unpaired) electrons. The standard InChI is InChI=1S/C20H32ClN3O3/c1-4-26-19-14-17(21)7-6-16(19)15-23-20(22-2)24-10-8-18(9-11-24)27-13-5-12-25-3/h6-7,14,18H,4-5,8-13,15H2,1-3H3,(H,22,23). The van der Waals surface area contributed by atoms with Gasteiger partial charge < -0.3 is 24.4 Å². The molecule has 6 nitrogen and oxygen atoms in total. The molecule has 0 amide bonds. The van der Waals surface area contributed by atoms with Gasteiger partial charge in [0, 0.05) is 57.6 Å². The van der Waals surface area contributed by atoms with Crippen LogP contribution in [0.3, 0.4) is 0 Å². The summed E-state index contributed by atoms with van der Waals surface area (Å²) in [4.78, 5) is 6.72. The second kappa shape index (κ2) is 12.1. The highest BCUT2D eigenvalue weighted by Gasteiger charge is 2.22. The maximum absolute atomic E-state index is 6.08. The summed E-state index contributed by atoms with van der Waals surface area (Å²) >= 11 is 6.08. The predicted molar refractivity (Wildman–Crippen MR) is 110 cm³/mol. The number of benzene rings is 1. The molecule has 0 saturated carbocycles. The van der Waals surface area contributed by atoms with Crippen LogP contribution in [0, 0.1) is 0 Å². The van der Waals surface area contributed by atoms with E-state index in [1.54, 1.807) is 7.11 Å². The Morgan fingerprint density at radius 1 is 1.30 bits per heavy atom. The topological polar surface area (TPSA) is 55.3 Å². The number of nitrogens with one attached hydrogen (secondary N) is 1. The molecule has 1 heterocycles. The van der Waals surface area contributed by atoms with E-state index in [1.165, 1.54) is 0 Å². The van der Waals surface area contributed by atoms with E-state index in [0.29, 0.717) is 24.3 Å². The van der Waals surface area contributed by atoms with Gasteiger partial charge in [-0.25, -0.2) is 0 Å². The number of ether oxygens (including phenoxy) is 3. The molecule has 1 aromatic carbocycles. The van der Waals surface area contributed by atoms with Crippen molar-refractivity contribution in [2.75, 3.05) is 47.1 Å². The highest BCUT2D eigenvalue weighted by molar-refractivity contribution is 6.30. The van der Waals surface area contributed by atoms with Gasteiger partial charge in [0.25, 0.3) is 0 Å². The monoisotopic (exact) mass is 397 g/mol. The van der Waals surface area contributed by atoms with Crippen LogP contribution in [0.4, 0.5) is 0 Å². The summed E-state index contributed by atoms with van der Waals surface area (Å²) in [5.74, 6) is 1.72. The molecule has 2 rings (SSSR count). The van der Waals surface area contributed by atoms with Gasteiger partial charge in [0.15, 0.2) is 5.96 Å². The van der Waals surface area contributed by atoms with Gasteiger partial charge in [-0.3, -0.25) is 4.99 Å². The third-order valence-electron chi connectivity index (χ3n) is 4.57. The SMILES string of the molecule is CCOc1cc(Cl)ccc1CNC(=NC)N1CCC(OCCCOC)CC1. The average Bonchev–Trinajstić information content (AvgIpc) is 2.68. The molecule has 1 saturated heterocycles. The van der Waals surface area contributed by atoms with Gasteiger partial charge in [0.2, 0.25) is 0 Å². The first-order valence-corrected chi connectivity index (χ1v) is 10.0. The Labute approximate surface area is 167 Å². The third kappa shape index (κ3) is 7.20. The van der Waals surface area contributed by atoms with Gasteiger partial charge in [-0.1, -0.05) is 17.7 Å². The van der Waals surface area contributed by atoms with Gasteiger partial charge in [-0.15, -0.1) is 0 Å². The maximum Gasteiger partial charge on any atom is 0.193 e. The largest absolute Gasteiger partial charge is 0.493 e. The molecule has 1 N–H and O–H groups in total. The molecule has 7 heteroatoms. The van der Waals surface area contributed by atoms with Crippen LogP contribution < -0.4 is 10.1 Å². The smallest absolute Gasteiger partial charge is 0.193 e. The first-order valence-electron chi connectivity index (χ1n) is 9.65. The number of methoxy groups -OCH3 is 1.